The third-order valence-electron chi connectivity index (χ3n) is 2.77. The molecule has 1 heterocycles. The largest absolute Gasteiger partial charge is 0.256 e. The summed E-state index contributed by atoms with van der Waals surface area (Å²) < 4.78 is 0. The molecule has 1 aromatic heterocycles. The second kappa shape index (κ2) is 3.35. The second-order valence-corrected chi connectivity index (χ2v) is 3.72. The zero-order valence-corrected chi connectivity index (χ0v) is 8.30. The molecular formula is C14H11N. The lowest BCUT2D eigenvalue weighted by Crippen LogP contribution is -1.92. The molecule has 15 heavy (non-hydrogen) atoms. The minimum absolute atomic E-state index is 0.392. The summed E-state index contributed by atoms with van der Waals surface area (Å²) in [5.41, 5.74) is 2.40. The SMILES string of the molecule is C1=CC(c2cccc3cccnc23)C=C1. The molecule has 0 saturated heterocycles. The lowest BCUT2D eigenvalue weighted by atomic mass is 9.98. The third kappa shape index (κ3) is 1.37. The van der Waals surface area contributed by atoms with Gasteiger partial charge in [-0.1, -0.05) is 48.6 Å². The topological polar surface area (TPSA) is 12.9 Å². The van der Waals surface area contributed by atoms with Crippen LogP contribution in [0.2, 0.25) is 0 Å². The van der Waals surface area contributed by atoms with Gasteiger partial charge in [0.1, 0.15) is 0 Å². The van der Waals surface area contributed by atoms with E-state index in [1.807, 2.05) is 12.3 Å². The first-order chi connectivity index (χ1) is 7.45. The van der Waals surface area contributed by atoms with E-state index < -0.39 is 0 Å². The average molecular weight is 193 g/mol. The highest BCUT2D eigenvalue weighted by Crippen LogP contribution is 2.28. The van der Waals surface area contributed by atoms with Crippen LogP contribution in [0.1, 0.15) is 11.5 Å². The summed E-state index contributed by atoms with van der Waals surface area (Å²) in [7, 11) is 0. The van der Waals surface area contributed by atoms with Gasteiger partial charge in [0, 0.05) is 17.5 Å². The summed E-state index contributed by atoms with van der Waals surface area (Å²) in [5, 5.41) is 1.21. The molecule has 0 spiro atoms. The van der Waals surface area contributed by atoms with Crippen LogP contribution < -0.4 is 0 Å². The first kappa shape index (κ1) is 8.42. The van der Waals surface area contributed by atoms with Crippen molar-refractivity contribution in [2.24, 2.45) is 0 Å². The van der Waals surface area contributed by atoms with Crippen LogP contribution in [0.3, 0.4) is 0 Å². The van der Waals surface area contributed by atoms with Crippen molar-refractivity contribution in [3.8, 4) is 0 Å². The Hall–Kier alpha value is -1.89. The Morgan fingerprint density at radius 3 is 2.60 bits per heavy atom. The maximum absolute atomic E-state index is 4.46. The monoisotopic (exact) mass is 193 g/mol. The van der Waals surface area contributed by atoms with Crippen molar-refractivity contribution in [3.05, 3.63) is 66.4 Å². The van der Waals surface area contributed by atoms with E-state index in [4.69, 9.17) is 0 Å². The molecule has 3 rings (SSSR count). The van der Waals surface area contributed by atoms with E-state index in [1.54, 1.807) is 0 Å². The van der Waals surface area contributed by atoms with Gasteiger partial charge in [0.05, 0.1) is 5.52 Å². The van der Waals surface area contributed by atoms with Crippen molar-refractivity contribution in [1.82, 2.24) is 4.98 Å². The van der Waals surface area contributed by atoms with E-state index in [2.05, 4.69) is 53.6 Å². The molecule has 0 unspecified atom stereocenters. The highest BCUT2D eigenvalue weighted by Gasteiger charge is 2.10. The molecule has 0 amide bonds. The van der Waals surface area contributed by atoms with Gasteiger partial charge >= 0.3 is 0 Å². The van der Waals surface area contributed by atoms with E-state index in [-0.39, 0.29) is 0 Å². The van der Waals surface area contributed by atoms with Gasteiger partial charge in [-0.2, -0.15) is 0 Å². The molecule has 0 fully saturated rings. The summed E-state index contributed by atoms with van der Waals surface area (Å²) in [6, 6.07) is 10.4. The maximum Gasteiger partial charge on any atom is 0.0743 e. The molecule has 0 bridgehead atoms. The summed E-state index contributed by atoms with van der Waals surface area (Å²) in [4.78, 5) is 4.46. The van der Waals surface area contributed by atoms with Crippen LogP contribution in [-0.4, -0.2) is 4.98 Å². The van der Waals surface area contributed by atoms with Crippen molar-refractivity contribution in [2.45, 2.75) is 5.92 Å². The van der Waals surface area contributed by atoms with E-state index in [9.17, 15) is 0 Å². The molecule has 2 aromatic rings. The molecule has 72 valence electrons. The van der Waals surface area contributed by atoms with Crippen molar-refractivity contribution in [3.63, 3.8) is 0 Å². The summed E-state index contributed by atoms with van der Waals surface area (Å²) in [6.07, 6.45) is 10.4. The van der Waals surface area contributed by atoms with Crippen LogP contribution in [0.15, 0.2) is 60.8 Å². The Balaban J connectivity index is 2.26. The van der Waals surface area contributed by atoms with E-state index in [1.165, 1.54) is 10.9 Å². The highest BCUT2D eigenvalue weighted by molar-refractivity contribution is 5.82. The lowest BCUT2D eigenvalue weighted by Gasteiger charge is -2.08. The van der Waals surface area contributed by atoms with Gasteiger partial charge in [0.25, 0.3) is 0 Å². The molecule has 0 saturated carbocycles. The Bertz CT molecular complexity index is 535. The molecular weight excluding hydrogens is 182 g/mol. The molecule has 1 aliphatic rings. The number of fused-ring (bicyclic) bond motifs is 1. The fourth-order valence-corrected chi connectivity index (χ4v) is 2.04. The normalized spacial score (nSPS) is 15.2. The van der Waals surface area contributed by atoms with Gasteiger partial charge in [0.2, 0.25) is 0 Å². The van der Waals surface area contributed by atoms with Gasteiger partial charge in [-0.25, -0.2) is 0 Å². The van der Waals surface area contributed by atoms with Crippen LogP contribution in [0.25, 0.3) is 10.9 Å². The molecule has 0 radical (unpaired) electrons. The Labute approximate surface area is 88.8 Å². The number of hydrogen-bond acceptors (Lipinski definition) is 1. The Morgan fingerprint density at radius 2 is 1.73 bits per heavy atom. The second-order valence-electron chi connectivity index (χ2n) is 3.72. The quantitative estimate of drug-likeness (QED) is 0.676. The molecule has 1 nitrogen and oxygen atoms in total. The van der Waals surface area contributed by atoms with E-state index in [0.29, 0.717) is 5.92 Å². The molecule has 0 atom stereocenters. The fraction of sp³-hybridized carbons (Fsp3) is 0.0714. The zero-order valence-electron chi connectivity index (χ0n) is 8.30. The number of pyridine rings is 1. The van der Waals surface area contributed by atoms with Crippen LogP contribution in [-0.2, 0) is 0 Å². The smallest absolute Gasteiger partial charge is 0.0743 e. The van der Waals surface area contributed by atoms with Gasteiger partial charge in [-0.15, -0.1) is 0 Å². The Morgan fingerprint density at radius 1 is 0.933 bits per heavy atom. The maximum atomic E-state index is 4.46. The summed E-state index contributed by atoms with van der Waals surface area (Å²) >= 11 is 0. The lowest BCUT2D eigenvalue weighted by molar-refractivity contribution is 1.11. The van der Waals surface area contributed by atoms with Crippen molar-refractivity contribution >= 4 is 10.9 Å². The number of aromatic nitrogens is 1. The summed E-state index contributed by atoms with van der Waals surface area (Å²) in [6.45, 7) is 0. The third-order valence-corrected chi connectivity index (χ3v) is 2.77. The number of benzene rings is 1. The number of allylic oxidation sites excluding steroid dienone is 4. The van der Waals surface area contributed by atoms with Crippen LogP contribution in [0.5, 0.6) is 0 Å². The number of para-hydroxylation sites is 1. The fourth-order valence-electron chi connectivity index (χ4n) is 2.04. The average Bonchev–Trinajstić information content (AvgIpc) is 2.82. The zero-order chi connectivity index (χ0) is 10.1. The number of nitrogens with zero attached hydrogens (tertiary/aromatic N) is 1. The van der Waals surface area contributed by atoms with Crippen LogP contribution in [0, 0.1) is 0 Å². The first-order valence-corrected chi connectivity index (χ1v) is 5.14. The van der Waals surface area contributed by atoms with Gasteiger partial charge in [0.15, 0.2) is 0 Å². The van der Waals surface area contributed by atoms with Crippen molar-refractivity contribution < 1.29 is 0 Å². The predicted octanol–water partition coefficient (Wildman–Crippen LogP) is 3.44. The van der Waals surface area contributed by atoms with E-state index in [0.717, 1.165) is 5.52 Å². The van der Waals surface area contributed by atoms with Gasteiger partial charge in [-0.05, 0) is 11.6 Å². The summed E-state index contributed by atoms with van der Waals surface area (Å²) in [5.74, 6) is 0.392. The van der Waals surface area contributed by atoms with Gasteiger partial charge in [-0.3, -0.25) is 4.98 Å². The highest BCUT2D eigenvalue weighted by atomic mass is 14.6. The van der Waals surface area contributed by atoms with Crippen molar-refractivity contribution in [2.75, 3.05) is 0 Å². The molecule has 1 aliphatic carbocycles. The molecule has 0 N–H and O–H groups in total. The first-order valence-electron chi connectivity index (χ1n) is 5.14. The number of hydrogen-bond donors (Lipinski definition) is 0. The number of rotatable bonds is 1. The molecule has 0 aliphatic heterocycles. The van der Waals surface area contributed by atoms with Crippen LogP contribution >= 0.6 is 0 Å². The van der Waals surface area contributed by atoms with E-state index >= 15 is 0 Å². The molecule has 1 heteroatoms. The minimum Gasteiger partial charge on any atom is -0.256 e. The van der Waals surface area contributed by atoms with Crippen LogP contribution in [0.4, 0.5) is 0 Å². The van der Waals surface area contributed by atoms with Gasteiger partial charge < -0.3 is 0 Å². The molecule has 1 aromatic carbocycles. The predicted molar refractivity (Wildman–Crippen MR) is 62.8 cm³/mol. The van der Waals surface area contributed by atoms with Crippen molar-refractivity contribution in [1.29, 1.82) is 0 Å². The minimum atomic E-state index is 0.392. The Kier molecular flexibility index (Phi) is 1.88. The standard InChI is InChI=1S/C14H11N/c1-2-6-11(5-1)13-9-3-7-12-8-4-10-15-14(12)13/h1-11H.